The van der Waals surface area contributed by atoms with Gasteiger partial charge in [-0.25, -0.2) is 0 Å². The Morgan fingerprint density at radius 1 is 0.724 bits per heavy atom. The summed E-state index contributed by atoms with van der Waals surface area (Å²) in [5.41, 5.74) is 2.16. The van der Waals surface area contributed by atoms with E-state index in [1.807, 2.05) is 12.1 Å². The number of rotatable bonds is 10. The molecular weight excluding hydrogens is 350 g/mol. The fourth-order valence-corrected chi connectivity index (χ4v) is 6.09. The first-order chi connectivity index (χ1) is 14.3. The van der Waals surface area contributed by atoms with Crippen molar-refractivity contribution in [2.45, 2.75) is 110 Å². The largest absolute Gasteiger partial charge is 0.192 e. The first-order valence-corrected chi connectivity index (χ1v) is 12.8. The van der Waals surface area contributed by atoms with Crippen molar-refractivity contribution in [1.82, 2.24) is 0 Å². The van der Waals surface area contributed by atoms with E-state index in [0.717, 1.165) is 29.2 Å². The molecule has 2 saturated carbocycles. The van der Waals surface area contributed by atoms with E-state index in [1.165, 1.54) is 108 Å². The van der Waals surface area contributed by atoms with Crippen molar-refractivity contribution in [3.63, 3.8) is 0 Å². The topological polar surface area (TPSA) is 23.8 Å². The molecule has 0 N–H and O–H groups in total. The smallest absolute Gasteiger partial charge is 0.0991 e. The molecule has 0 amide bonds. The lowest BCUT2D eigenvalue weighted by atomic mass is 9.68. The quantitative estimate of drug-likeness (QED) is 0.366. The Bertz CT molecular complexity index is 594. The van der Waals surface area contributed by atoms with Crippen molar-refractivity contribution in [2.24, 2.45) is 23.7 Å². The second-order valence-corrected chi connectivity index (χ2v) is 10.1. The highest BCUT2D eigenvalue weighted by Crippen LogP contribution is 2.43. The molecule has 29 heavy (non-hydrogen) atoms. The molecule has 0 radical (unpaired) electrons. The van der Waals surface area contributed by atoms with Gasteiger partial charge in [-0.15, -0.1) is 0 Å². The third-order valence-electron chi connectivity index (χ3n) is 8.08. The van der Waals surface area contributed by atoms with E-state index >= 15 is 0 Å². The predicted octanol–water partition coefficient (Wildman–Crippen LogP) is 8.46. The minimum Gasteiger partial charge on any atom is -0.192 e. The van der Waals surface area contributed by atoms with Crippen molar-refractivity contribution in [3.8, 4) is 6.07 Å². The second kappa shape index (κ2) is 12.4. The Kier molecular flexibility index (Phi) is 9.59. The van der Waals surface area contributed by atoms with Gasteiger partial charge < -0.3 is 0 Å². The Morgan fingerprint density at radius 2 is 1.24 bits per heavy atom. The summed E-state index contributed by atoms with van der Waals surface area (Å²) in [6, 6.07) is 10.4. The van der Waals surface area contributed by atoms with Crippen LogP contribution in [0.3, 0.4) is 0 Å². The average Bonchev–Trinajstić information content (AvgIpc) is 2.78. The maximum absolute atomic E-state index is 8.89. The average molecular weight is 394 g/mol. The van der Waals surface area contributed by atoms with Crippen LogP contribution in [0.2, 0.25) is 0 Å². The van der Waals surface area contributed by atoms with Crippen LogP contribution in [-0.4, -0.2) is 0 Å². The van der Waals surface area contributed by atoms with Crippen LogP contribution in [0.5, 0.6) is 0 Å². The third-order valence-corrected chi connectivity index (χ3v) is 8.08. The molecule has 0 heterocycles. The summed E-state index contributed by atoms with van der Waals surface area (Å²) >= 11 is 0. The van der Waals surface area contributed by atoms with Gasteiger partial charge in [0.2, 0.25) is 0 Å². The van der Waals surface area contributed by atoms with Gasteiger partial charge in [0.25, 0.3) is 0 Å². The van der Waals surface area contributed by atoms with Gasteiger partial charge in [-0.1, -0.05) is 83.3 Å². The molecule has 1 heteroatoms. The van der Waals surface area contributed by atoms with Crippen molar-refractivity contribution >= 4 is 0 Å². The Morgan fingerprint density at radius 3 is 1.72 bits per heavy atom. The van der Waals surface area contributed by atoms with E-state index in [0.29, 0.717) is 0 Å². The Balaban J connectivity index is 1.25. The SMILES string of the molecule is CCCCC[C@H]1CC[C@H]([C@H]2CC[C@H](CCCCc3ccc(C#N)cc3)CC2)CC1. The van der Waals surface area contributed by atoms with Gasteiger partial charge in [-0.3, -0.25) is 0 Å². The molecule has 1 nitrogen and oxygen atoms in total. The first-order valence-electron chi connectivity index (χ1n) is 12.8. The maximum Gasteiger partial charge on any atom is 0.0991 e. The molecule has 0 aliphatic heterocycles. The zero-order valence-electron chi connectivity index (χ0n) is 18.9. The number of nitrogens with zero attached hydrogens (tertiary/aromatic N) is 1. The van der Waals surface area contributed by atoms with Crippen LogP contribution in [-0.2, 0) is 6.42 Å². The van der Waals surface area contributed by atoms with E-state index in [2.05, 4.69) is 25.1 Å². The summed E-state index contributed by atoms with van der Waals surface area (Å²) in [6.07, 6.45) is 23.2. The molecule has 0 saturated heterocycles. The van der Waals surface area contributed by atoms with Crippen LogP contribution >= 0.6 is 0 Å². The summed E-state index contributed by atoms with van der Waals surface area (Å²) in [5.74, 6) is 4.18. The molecule has 0 bridgehead atoms. The first kappa shape index (κ1) is 22.4. The maximum atomic E-state index is 8.89. The number of hydrogen-bond acceptors (Lipinski definition) is 1. The monoisotopic (exact) mass is 393 g/mol. The van der Waals surface area contributed by atoms with Crippen LogP contribution in [0.4, 0.5) is 0 Å². The lowest BCUT2D eigenvalue weighted by Crippen LogP contribution is -2.25. The zero-order valence-corrected chi connectivity index (χ0v) is 18.9. The van der Waals surface area contributed by atoms with Gasteiger partial charge in [0.1, 0.15) is 0 Å². The Hall–Kier alpha value is -1.29. The molecule has 0 spiro atoms. The van der Waals surface area contributed by atoms with Crippen molar-refractivity contribution < 1.29 is 0 Å². The molecule has 2 fully saturated rings. The number of benzene rings is 1. The lowest BCUT2D eigenvalue weighted by Gasteiger charge is -2.38. The predicted molar refractivity (Wildman–Crippen MR) is 124 cm³/mol. The van der Waals surface area contributed by atoms with Crippen molar-refractivity contribution in [1.29, 1.82) is 5.26 Å². The van der Waals surface area contributed by atoms with Gasteiger partial charge >= 0.3 is 0 Å². The van der Waals surface area contributed by atoms with E-state index < -0.39 is 0 Å². The normalized spacial score (nSPS) is 27.4. The summed E-state index contributed by atoms with van der Waals surface area (Å²) in [7, 11) is 0. The Labute approximate surface area is 180 Å². The van der Waals surface area contributed by atoms with Crippen molar-refractivity contribution in [2.75, 3.05) is 0 Å². The van der Waals surface area contributed by atoms with Crippen LogP contribution < -0.4 is 0 Å². The van der Waals surface area contributed by atoms with Crippen LogP contribution in [0, 0.1) is 35.0 Å². The minimum atomic E-state index is 0.774. The highest BCUT2D eigenvalue weighted by molar-refractivity contribution is 5.31. The highest BCUT2D eigenvalue weighted by atomic mass is 14.4. The summed E-state index contributed by atoms with van der Waals surface area (Å²) in [6.45, 7) is 2.32. The second-order valence-electron chi connectivity index (χ2n) is 10.1. The lowest BCUT2D eigenvalue weighted by molar-refractivity contribution is 0.139. The summed E-state index contributed by atoms with van der Waals surface area (Å²) < 4.78 is 0. The standard InChI is InChI=1S/C28H43N/c1-2-3-4-7-24-14-18-27(19-15-24)28-20-16-25(17-21-28)9-6-5-8-23-10-12-26(22-29)13-11-23/h10-13,24-25,27-28H,2-9,14-21H2,1H3/t24-,25-,27-,28-. The number of unbranched alkanes of at least 4 members (excludes halogenated alkanes) is 3. The molecule has 160 valence electrons. The van der Waals surface area contributed by atoms with Crippen LogP contribution in [0.1, 0.15) is 114 Å². The fraction of sp³-hybridized carbons (Fsp3) is 0.750. The van der Waals surface area contributed by atoms with Crippen molar-refractivity contribution in [3.05, 3.63) is 35.4 Å². The third kappa shape index (κ3) is 7.47. The van der Waals surface area contributed by atoms with Crippen LogP contribution in [0.15, 0.2) is 24.3 Å². The highest BCUT2D eigenvalue weighted by Gasteiger charge is 2.30. The zero-order chi connectivity index (χ0) is 20.3. The van der Waals surface area contributed by atoms with Gasteiger partial charge in [0.15, 0.2) is 0 Å². The number of aryl methyl sites for hydroxylation is 1. The molecule has 0 atom stereocenters. The molecule has 2 aliphatic carbocycles. The summed E-state index contributed by atoms with van der Waals surface area (Å²) in [4.78, 5) is 0. The van der Waals surface area contributed by atoms with Crippen LogP contribution in [0.25, 0.3) is 0 Å². The molecule has 0 aromatic heterocycles. The molecule has 3 rings (SSSR count). The minimum absolute atomic E-state index is 0.774. The van der Waals surface area contributed by atoms with Gasteiger partial charge in [0, 0.05) is 0 Å². The van der Waals surface area contributed by atoms with E-state index in [-0.39, 0.29) is 0 Å². The molecular formula is C28H43N. The molecule has 2 aliphatic rings. The molecule has 1 aromatic carbocycles. The van der Waals surface area contributed by atoms with Gasteiger partial charge in [0.05, 0.1) is 11.6 Å². The number of hydrogen-bond donors (Lipinski definition) is 0. The van der Waals surface area contributed by atoms with Gasteiger partial charge in [-0.05, 0) is 79.9 Å². The molecule has 0 unspecified atom stereocenters. The van der Waals surface area contributed by atoms with E-state index in [9.17, 15) is 0 Å². The number of nitriles is 1. The van der Waals surface area contributed by atoms with E-state index in [4.69, 9.17) is 5.26 Å². The summed E-state index contributed by atoms with van der Waals surface area (Å²) in [5, 5.41) is 8.89. The molecule has 1 aromatic rings. The van der Waals surface area contributed by atoms with E-state index in [1.54, 1.807) is 0 Å². The fourth-order valence-electron chi connectivity index (χ4n) is 6.09. The van der Waals surface area contributed by atoms with Gasteiger partial charge in [-0.2, -0.15) is 5.26 Å².